The van der Waals surface area contributed by atoms with Crippen molar-refractivity contribution in [1.29, 1.82) is 0 Å². The molecule has 2 aliphatic heterocycles. The number of hydrogen-bond acceptors (Lipinski definition) is 4. The van der Waals surface area contributed by atoms with Crippen molar-refractivity contribution in [2.45, 2.75) is 6.04 Å². The molecule has 4 heterocycles. The van der Waals surface area contributed by atoms with Crippen molar-refractivity contribution in [3.63, 3.8) is 0 Å². The van der Waals surface area contributed by atoms with Gasteiger partial charge in [0.05, 0.1) is 23.4 Å². The van der Waals surface area contributed by atoms with E-state index in [4.69, 9.17) is 0 Å². The van der Waals surface area contributed by atoms with Crippen LogP contribution in [-0.2, 0) is 0 Å². The monoisotopic (exact) mass is 351 g/mol. The molecule has 2 aliphatic rings. The minimum Gasteiger partial charge on any atom is -0.336 e. The molecule has 0 spiro atoms. The second kappa shape index (κ2) is 5.58. The van der Waals surface area contributed by atoms with Crippen molar-refractivity contribution in [2.75, 3.05) is 31.1 Å². The van der Waals surface area contributed by atoms with Gasteiger partial charge >= 0.3 is 6.03 Å². The van der Waals surface area contributed by atoms with Gasteiger partial charge in [-0.05, 0) is 6.07 Å². The van der Waals surface area contributed by atoms with Gasteiger partial charge in [0.15, 0.2) is 5.69 Å². The number of nitrogens with zero attached hydrogens (tertiary/aromatic N) is 5. The molecule has 132 valence electrons. The molecule has 3 aromatic rings. The average molecular weight is 351 g/mol. The van der Waals surface area contributed by atoms with Gasteiger partial charge in [-0.15, -0.1) is 0 Å². The number of anilines is 1. The summed E-state index contributed by atoms with van der Waals surface area (Å²) in [7, 11) is 0. The van der Waals surface area contributed by atoms with E-state index in [2.05, 4.69) is 20.6 Å². The van der Waals surface area contributed by atoms with Crippen LogP contribution in [0.4, 0.5) is 10.5 Å². The third-order valence-corrected chi connectivity index (χ3v) is 4.95. The van der Waals surface area contributed by atoms with Crippen molar-refractivity contribution >= 4 is 28.5 Å². The molecular formula is C17H17N7O2. The first kappa shape index (κ1) is 14.9. The Kier molecular flexibility index (Phi) is 3.21. The number of hydrogen-bond donors (Lipinski definition) is 2. The third kappa shape index (κ3) is 2.24. The number of likely N-dealkylation sites (tertiary alicyclic amines) is 1. The van der Waals surface area contributed by atoms with E-state index >= 15 is 0 Å². The van der Waals surface area contributed by atoms with Crippen LogP contribution >= 0.6 is 0 Å². The number of carbonyl (C=O) groups is 2. The lowest BCUT2D eigenvalue weighted by Crippen LogP contribution is -2.51. The number of benzene rings is 1. The lowest BCUT2D eigenvalue weighted by atomic mass is 10.1. The predicted octanol–water partition coefficient (Wildman–Crippen LogP) is 0.986. The largest absolute Gasteiger partial charge is 0.336 e. The number of rotatable bonds is 3. The molecule has 0 aliphatic carbocycles. The van der Waals surface area contributed by atoms with Crippen LogP contribution in [0.3, 0.4) is 0 Å². The zero-order chi connectivity index (χ0) is 17.7. The topological polar surface area (TPSA) is 99.1 Å². The molecule has 9 heteroatoms. The van der Waals surface area contributed by atoms with E-state index in [1.54, 1.807) is 16.0 Å². The van der Waals surface area contributed by atoms with Crippen LogP contribution in [0.2, 0.25) is 0 Å². The van der Waals surface area contributed by atoms with Crippen LogP contribution in [0.1, 0.15) is 16.5 Å². The van der Waals surface area contributed by atoms with E-state index in [9.17, 15) is 9.59 Å². The normalized spacial score (nSPS) is 17.6. The van der Waals surface area contributed by atoms with Gasteiger partial charge in [0.25, 0.3) is 5.91 Å². The second-order valence-electron chi connectivity index (χ2n) is 6.54. The molecule has 0 atom stereocenters. The molecule has 0 radical (unpaired) electrons. The van der Waals surface area contributed by atoms with Crippen LogP contribution in [0.15, 0.2) is 36.7 Å². The van der Waals surface area contributed by atoms with E-state index in [0.29, 0.717) is 31.9 Å². The molecule has 1 aromatic carbocycles. The number of nitrogens with one attached hydrogen (secondary N) is 2. The highest BCUT2D eigenvalue weighted by molar-refractivity contribution is 6.04. The van der Waals surface area contributed by atoms with Gasteiger partial charge < -0.3 is 10.2 Å². The Hall–Kier alpha value is -3.36. The van der Waals surface area contributed by atoms with Crippen molar-refractivity contribution in [2.24, 2.45) is 0 Å². The smallest absolute Gasteiger partial charge is 0.322 e. The van der Waals surface area contributed by atoms with Crippen LogP contribution in [0.5, 0.6) is 0 Å². The molecule has 0 saturated carbocycles. The molecule has 0 bridgehead atoms. The Morgan fingerprint density at radius 1 is 1.23 bits per heavy atom. The highest BCUT2D eigenvalue weighted by Gasteiger charge is 2.35. The fourth-order valence-corrected chi connectivity index (χ4v) is 3.45. The van der Waals surface area contributed by atoms with Crippen LogP contribution in [-0.4, -0.2) is 63.0 Å². The fraction of sp³-hybridized carbons (Fsp3) is 0.294. The summed E-state index contributed by atoms with van der Waals surface area (Å²) in [6, 6.07) is 7.61. The standard InChI is InChI=1S/C17H17N7O2/c25-16(15-13-3-1-2-4-14(13)20-21-15)22-8-12(9-22)24-10-11(7-19-24)23-6-5-18-17(23)26/h1-4,7,10,12H,5-6,8-9H2,(H,18,26)(H,20,21). The first-order valence-corrected chi connectivity index (χ1v) is 8.52. The van der Waals surface area contributed by atoms with Gasteiger partial charge in [0.2, 0.25) is 0 Å². The lowest BCUT2D eigenvalue weighted by Gasteiger charge is -2.38. The number of aromatic amines is 1. The predicted molar refractivity (Wildman–Crippen MR) is 94.0 cm³/mol. The summed E-state index contributed by atoms with van der Waals surface area (Å²) in [5.74, 6) is -0.0787. The van der Waals surface area contributed by atoms with Gasteiger partial charge in [-0.25, -0.2) is 4.79 Å². The Morgan fingerprint density at radius 2 is 2.08 bits per heavy atom. The van der Waals surface area contributed by atoms with Gasteiger partial charge in [-0.2, -0.15) is 10.2 Å². The maximum Gasteiger partial charge on any atom is 0.322 e. The third-order valence-electron chi connectivity index (χ3n) is 4.95. The summed E-state index contributed by atoms with van der Waals surface area (Å²) >= 11 is 0. The number of urea groups is 1. The summed E-state index contributed by atoms with van der Waals surface area (Å²) in [5.41, 5.74) is 2.09. The summed E-state index contributed by atoms with van der Waals surface area (Å²) in [5, 5.41) is 15.0. The van der Waals surface area contributed by atoms with Gasteiger partial charge in [0.1, 0.15) is 0 Å². The van der Waals surface area contributed by atoms with E-state index in [1.807, 2.05) is 35.1 Å². The van der Waals surface area contributed by atoms with Gasteiger partial charge in [-0.3, -0.25) is 19.5 Å². The highest BCUT2D eigenvalue weighted by atomic mass is 16.2. The number of para-hydroxylation sites is 1. The quantitative estimate of drug-likeness (QED) is 0.735. The van der Waals surface area contributed by atoms with Crippen LogP contribution < -0.4 is 10.2 Å². The molecule has 26 heavy (non-hydrogen) atoms. The molecule has 2 aromatic heterocycles. The number of fused-ring (bicyclic) bond motifs is 1. The maximum atomic E-state index is 12.7. The SMILES string of the molecule is O=C(c1n[nH]c2ccccc12)N1CC(n2cc(N3CCNC3=O)cn2)C1. The van der Waals surface area contributed by atoms with E-state index in [1.165, 1.54) is 0 Å². The second-order valence-corrected chi connectivity index (χ2v) is 6.54. The maximum absolute atomic E-state index is 12.7. The van der Waals surface area contributed by atoms with Crippen molar-refractivity contribution in [3.8, 4) is 0 Å². The molecule has 2 N–H and O–H groups in total. The molecular weight excluding hydrogens is 334 g/mol. The lowest BCUT2D eigenvalue weighted by molar-refractivity contribution is 0.0497. The Bertz CT molecular complexity index is 1000. The van der Waals surface area contributed by atoms with Crippen molar-refractivity contribution in [1.82, 2.24) is 30.2 Å². The van der Waals surface area contributed by atoms with Crippen molar-refractivity contribution in [3.05, 3.63) is 42.4 Å². The summed E-state index contributed by atoms with van der Waals surface area (Å²) in [6.07, 6.45) is 3.55. The van der Waals surface area contributed by atoms with E-state index < -0.39 is 0 Å². The minimum absolute atomic E-state index is 0.0787. The molecule has 3 amide bonds. The molecule has 5 rings (SSSR count). The van der Waals surface area contributed by atoms with Gasteiger partial charge in [0, 0.05) is 37.8 Å². The van der Waals surface area contributed by atoms with Crippen LogP contribution in [0.25, 0.3) is 10.9 Å². The zero-order valence-corrected chi connectivity index (χ0v) is 13.9. The molecule has 2 saturated heterocycles. The number of H-pyrrole nitrogens is 1. The average Bonchev–Trinajstić information content (AvgIpc) is 3.32. The molecule has 9 nitrogen and oxygen atoms in total. The first-order valence-electron chi connectivity index (χ1n) is 8.52. The Labute approximate surface area is 148 Å². The first-order chi connectivity index (χ1) is 12.7. The summed E-state index contributed by atoms with van der Waals surface area (Å²) in [6.45, 7) is 2.44. The van der Waals surface area contributed by atoms with Crippen molar-refractivity contribution < 1.29 is 9.59 Å². The van der Waals surface area contributed by atoms with E-state index in [-0.39, 0.29) is 18.0 Å². The zero-order valence-electron chi connectivity index (χ0n) is 13.9. The number of amides is 3. The van der Waals surface area contributed by atoms with E-state index in [0.717, 1.165) is 16.6 Å². The number of aromatic nitrogens is 4. The molecule has 2 fully saturated rings. The fourth-order valence-electron chi connectivity index (χ4n) is 3.45. The van der Waals surface area contributed by atoms with Crippen LogP contribution in [0, 0.1) is 0 Å². The van der Waals surface area contributed by atoms with Gasteiger partial charge in [-0.1, -0.05) is 18.2 Å². The highest BCUT2D eigenvalue weighted by Crippen LogP contribution is 2.26. The summed E-state index contributed by atoms with van der Waals surface area (Å²) in [4.78, 5) is 27.8. The minimum atomic E-state index is -0.0969. The Balaban J connectivity index is 1.28. The number of carbonyl (C=O) groups excluding carboxylic acids is 2. The Morgan fingerprint density at radius 3 is 2.88 bits per heavy atom. The summed E-state index contributed by atoms with van der Waals surface area (Å²) < 4.78 is 1.83. The molecule has 0 unspecified atom stereocenters.